The fourth-order valence-electron chi connectivity index (χ4n) is 12.5. The Labute approximate surface area is 407 Å². The van der Waals surface area contributed by atoms with Gasteiger partial charge in [-0.05, 0) is 131 Å². The Morgan fingerprint density at radius 1 is 0.456 bits per heavy atom. The summed E-state index contributed by atoms with van der Waals surface area (Å²) in [5.74, 6) is 0. The van der Waals surface area contributed by atoms with Gasteiger partial charge in [0.15, 0.2) is 0 Å². The Morgan fingerprint density at radius 2 is 1.06 bits per heavy atom. The molecule has 0 saturated heterocycles. The Hall–Kier alpha value is -6.62. The van der Waals surface area contributed by atoms with E-state index in [1.165, 1.54) is 127 Å². The maximum atomic E-state index is 2.66. The van der Waals surface area contributed by atoms with Gasteiger partial charge in [-0.25, -0.2) is 0 Å². The standard InChI is InChI=1S/C64H57BN2S/c1-61(2,3)40-27-30-42(31-28-40)66-54-33-39(38-19-12-11-13-20-38)34-55-58(54)65(60-59(66)46-36-45-43-21-14-16-23-47(43)64(9,10)50(45)37-56(46)68-60)51-35-41(62(4,5)6)29-32-52(51)67(55)53-26-18-25-49-57(53)44-22-15-17-24-48(44)63(49,7)8/h11-37H,1-10H3. The molecular formula is C64H57BN2S. The molecular weight excluding hydrogens is 840 g/mol. The molecule has 0 N–H and O–H groups in total. The summed E-state index contributed by atoms with van der Waals surface area (Å²) in [5, 5.41) is 1.32. The molecule has 0 fully saturated rings. The predicted molar refractivity (Wildman–Crippen MR) is 294 cm³/mol. The van der Waals surface area contributed by atoms with E-state index in [1.807, 2.05) is 11.3 Å². The quantitative estimate of drug-likeness (QED) is 0.163. The van der Waals surface area contributed by atoms with Crippen molar-refractivity contribution in [1.29, 1.82) is 0 Å². The van der Waals surface area contributed by atoms with Gasteiger partial charge in [0.2, 0.25) is 0 Å². The second kappa shape index (κ2) is 14.0. The molecule has 2 nitrogen and oxygen atoms in total. The van der Waals surface area contributed by atoms with Crippen LogP contribution >= 0.6 is 11.3 Å². The lowest BCUT2D eigenvalue weighted by Gasteiger charge is -2.44. The molecule has 0 saturated carbocycles. The van der Waals surface area contributed by atoms with Gasteiger partial charge in [-0.15, -0.1) is 11.3 Å². The molecule has 0 spiro atoms. The molecule has 1 aromatic heterocycles. The van der Waals surface area contributed by atoms with E-state index >= 15 is 0 Å². The number of thiophene rings is 1. The van der Waals surface area contributed by atoms with E-state index in [1.54, 1.807) is 0 Å². The SMILES string of the molecule is CC(C)(C)c1ccc(N2c3cc(-c4ccccc4)cc4c3B(c3cc(C(C)(C)C)ccc3N4c3cccc4c3-c3ccccc3C4(C)C)c3sc4cc5c(cc4c32)-c2ccccc2C5(C)C)cc1. The number of benzene rings is 8. The maximum Gasteiger partial charge on any atom is 0.264 e. The first-order chi connectivity index (χ1) is 32.5. The summed E-state index contributed by atoms with van der Waals surface area (Å²) in [4.78, 5) is 5.32. The van der Waals surface area contributed by atoms with Gasteiger partial charge in [0, 0.05) is 54.0 Å². The van der Waals surface area contributed by atoms with E-state index in [-0.39, 0.29) is 28.4 Å². The van der Waals surface area contributed by atoms with Crippen molar-refractivity contribution in [1.82, 2.24) is 0 Å². The summed E-state index contributed by atoms with van der Waals surface area (Å²) in [6.07, 6.45) is 0. The topological polar surface area (TPSA) is 6.48 Å². The fourth-order valence-corrected chi connectivity index (χ4v) is 13.8. The van der Waals surface area contributed by atoms with Gasteiger partial charge in [0.25, 0.3) is 6.71 Å². The van der Waals surface area contributed by atoms with Gasteiger partial charge in [-0.2, -0.15) is 0 Å². The van der Waals surface area contributed by atoms with Crippen LogP contribution < -0.4 is 25.5 Å². The summed E-state index contributed by atoms with van der Waals surface area (Å²) in [6, 6.07) is 63.4. The van der Waals surface area contributed by atoms with E-state index in [0.29, 0.717) is 0 Å². The van der Waals surface area contributed by atoms with Crippen molar-refractivity contribution < 1.29 is 0 Å². The molecule has 9 aromatic rings. The highest BCUT2D eigenvalue weighted by molar-refractivity contribution is 7.33. The number of rotatable bonds is 3. The molecule has 68 heavy (non-hydrogen) atoms. The average molecular weight is 897 g/mol. The summed E-state index contributed by atoms with van der Waals surface area (Å²) in [7, 11) is 0. The number of hydrogen-bond donors (Lipinski definition) is 0. The van der Waals surface area contributed by atoms with E-state index in [0.717, 1.165) is 0 Å². The van der Waals surface area contributed by atoms with Crippen molar-refractivity contribution in [2.45, 2.75) is 90.9 Å². The van der Waals surface area contributed by atoms with Crippen molar-refractivity contribution in [3.8, 4) is 33.4 Å². The van der Waals surface area contributed by atoms with Gasteiger partial charge in [0.1, 0.15) is 0 Å². The van der Waals surface area contributed by atoms with Crippen molar-refractivity contribution in [2.75, 3.05) is 9.80 Å². The molecule has 0 bridgehead atoms. The zero-order chi connectivity index (χ0) is 46.8. The summed E-state index contributed by atoms with van der Waals surface area (Å²) < 4.78 is 2.76. The van der Waals surface area contributed by atoms with Crippen LogP contribution in [0.5, 0.6) is 0 Å². The molecule has 2 aliphatic carbocycles. The van der Waals surface area contributed by atoms with E-state index in [2.05, 4.69) is 243 Å². The number of hydrogen-bond acceptors (Lipinski definition) is 3. The van der Waals surface area contributed by atoms with Crippen LogP contribution in [0.4, 0.5) is 34.1 Å². The first-order valence-electron chi connectivity index (χ1n) is 24.5. The zero-order valence-corrected chi connectivity index (χ0v) is 41.8. The number of nitrogens with zero attached hydrogens (tertiary/aromatic N) is 2. The molecule has 0 atom stereocenters. The first-order valence-corrected chi connectivity index (χ1v) is 25.4. The molecule has 332 valence electrons. The minimum atomic E-state index is -0.137. The Bertz CT molecular complexity index is 3600. The molecule has 4 aliphatic rings. The van der Waals surface area contributed by atoms with Gasteiger partial charge >= 0.3 is 0 Å². The maximum absolute atomic E-state index is 2.66. The molecule has 13 rings (SSSR count). The highest BCUT2D eigenvalue weighted by Gasteiger charge is 2.48. The van der Waals surface area contributed by atoms with Crippen molar-refractivity contribution in [3.05, 3.63) is 197 Å². The second-order valence-corrected chi connectivity index (χ2v) is 24.1. The monoisotopic (exact) mass is 896 g/mol. The molecule has 2 aliphatic heterocycles. The third kappa shape index (κ3) is 5.70. The van der Waals surface area contributed by atoms with Crippen molar-refractivity contribution >= 4 is 78.0 Å². The summed E-state index contributed by atoms with van der Waals surface area (Å²) in [5.41, 5.74) is 26.0. The van der Waals surface area contributed by atoms with Crippen LogP contribution in [0.3, 0.4) is 0 Å². The smallest absolute Gasteiger partial charge is 0.264 e. The molecule has 0 radical (unpaired) electrons. The third-order valence-corrected chi connectivity index (χ3v) is 17.4. The van der Waals surface area contributed by atoms with E-state index < -0.39 is 0 Å². The van der Waals surface area contributed by atoms with Crippen LogP contribution in [0.25, 0.3) is 43.5 Å². The highest BCUT2D eigenvalue weighted by Crippen LogP contribution is 2.57. The molecule has 4 heteroatoms. The summed E-state index contributed by atoms with van der Waals surface area (Å²) in [6.45, 7) is 23.7. The molecule has 3 heterocycles. The Balaban J connectivity index is 1.18. The first kappa shape index (κ1) is 41.6. The molecule has 0 unspecified atom stereocenters. The minimum absolute atomic E-state index is 0.00602. The van der Waals surface area contributed by atoms with Crippen LogP contribution in [0, 0.1) is 0 Å². The summed E-state index contributed by atoms with van der Waals surface area (Å²) >= 11 is 2.01. The van der Waals surface area contributed by atoms with Gasteiger partial charge < -0.3 is 9.80 Å². The normalized spacial score (nSPS) is 15.6. The lowest BCUT2D eigenvalue weighted by atomic mass is 9.36. The van der Waals surface area contributed by atoms with Gasteiger partial charge in [-0.3, -0.25) is 0 Å². The highest BCUT2D eigenvalue weighted by atomic mass is 32.1. The van der Waals surface area contributed by atoms with E-state index in [9.17, 15) is 0 Å². The second-order valence-electron chi connectivity index (χ2n) is 23.0. The number of anilines is 6. The number of fused-ring (bicyclic) bond motifs is 12. The van der Waals surface area contributed by atoms with Crippen molar-refractivity contribution in [2.24, 2.45) is 0 Å². The lowest BCUT2D eigenvalue weighted by molar-refractivity contribution is 0.590. The van der Waals surface area contributed by atoms with Crippen molar-refractivity contribution in [3.63, 3.8) is 0 Å². The van der Waals surface area contributed by atoms with Crippen LogP contribution in [0.1, 0.15) is 103 Å². The van der Waals surface area contributed by atoms with Crippen LogP contribution in [-0.4, -0.2) is 6.71 Å². The van der Waals surface area contributed by atoms with Crippen LogP contribution in [0.2, 0.25) is 0 Å². The van der Waals surface area contributed by atoms with Crippen LogP contribution in [0.15, 0.2) is 164 Å². The Kier molecular flexibility index (Phi) is 8.55. The van der Waals surface area contributed by atoms with E-state index in [4.69, 9.17) is 0 Å². The predicted octanol–water partition coefficient (Wildman–Crippen LogP) is 15.9. The van der Waals surface area contributed by atoms with Gasteiger partial charge in [-0.1, -0.05) is 184 Å². The minimum Gasteiger partial charge on any atom is -0.311 e. The van der Waals surface area contributed by atoms with Gasteiger partial charge in [0.05, 0.1) is 11.4 Å². The average Bonchev–Trinajstić information content (AvgIpc) is 3.89. The van der Waals surface area contributed by atoms with Crippen LogP contribution in [-0.2, 0) is 21.7 Å². The molecule has 8 aromatic carbocycles. The zero-order valence-electron chi connectivity index (χ0n) is 41.0. The lowest BCUT2D eigenvalue weighted by Crippen LogP contribution is -2.60. The Morgan fingerprint density at radius 3 is 1.76 bits per heavy atom. The third-order valence-electron chi connectivity index (χ3n) is 16.2. The fraction of sp³-hybridized carbons (Fsp3) is 0.219. The largest absolute Gasteiger partial charge is 0.311 e. The molecule has 0 amide bonds.